The van der Waals surface area contributed by atoms with E-state index < -0.39 is 29.8 Å². The largest absolute Gasteiger partial charge is 0.421 e. The van der Waals surface area contributed by atoms with Crippen molar-refractivity contribution in [3.05, 3.63) is 63.5 Å². The molecule has 0 aliphatic rings. The van der Waals surface area contributed by atoms with E-state index in [0.717, 1.165) is 32.1 Å². The van der Waals surface area contributed by atoms with Crippen LogP contribution in [0.15, 0.2) is 47.4 Å². The number of fused-ring (bicyclic) bond motifs is 1. The summed E-state index contributed by atoms with van der Waals surface area (Å²) in [4.78, 5) is 28.2. The topological polar surface area (TPSA) is 64.0 Å². The van der Waals surface area contributed by atoms with E-state index in [4.69, 9.17) is 0 Å². The molecule has 136 valence electrons. The van der Waals surface area contributed by atoms with Gasteiger partial charge in [-0.1, -0.05) is 12.1 Å². The van der Waals surface area contributed by atoms with E-state index >= 15 is 0 Å². The van der Waals surface area contributed by atoms with E-state index in [0.29, 0.717) is 12.5 Å². The Labute approximate surface area is 150 Å². The summed E-state index contributed by atoms with van der Waals surface area (Å²) in [6.45, 7) is -0.186. The monoisotopic (exact) mass is 381 g/mol. The second-order valence-corrected chi connectivity index (χ2v) is 6.64. The zero-order chi connectivity index (χ0) is 18.7. The van der Waals surface area contributed by atoms with Crippen molar-refractivity contribution < 1.29 is 18.0 Å². The van der Waals surface area contributed by atoms with Crippen molar-refractivity contribution >= 4 is 27.5 Å². The number of alkyl halides is 3. The van der Waals surface area contributed by atoms with E-state index in [2.05, 4.69) is 10.3 Å². The zero-order valence-electron chi connectivity index (χ0n) is 13.4. The van der Waals surface area contributed by atoms with Gasteiger partial charge in [-0.2, -0.15) is 13.2 Å². The van der Waals surface area contributed by atoms with Gasteiger partial charge in [0.1, 0.15) is 12.1 Å². The van der Waals surface area contributed by atoms with E-state index in [1.807, 2.05) is 24.3 Å². The van der Waals surface area contributed by atoms with Crippen LogP contribution in [0.5, 0.6) is 0 Å². The maximum absolute atomic E-state index is 12.7. The Balaban J connectivity index is 1.58. The third-order valence-electron chi connectivity index (χ3n) is 3.64. The molecule has 0 fully saturated rings. The Morgan fingerprint density at radius 3 is 2.69 bits per heavy atom. The summed E-state index contributed by atoms with van der Waals surface area (Å²) < 4.78 is 40.0. The van der Waals surface area contributed by atoms with Gasteiger partial charge in [0, 0.05) is 19.2 Å². The molecule has 1 amide bonds. The summed E-state index contributed by atoms with van der Waals surface area (Å²) in [5, 5.41) is 3.45. The van der Waals surface area contributed by atoms with Gasteiger partial charge < -0.3 is 9.88 Å². The fraction of sp³-hybridized carbons (Fsp3) is 0.235. The molecule has 2 heterocycles. The molecule has 1 N–H and O–H groups in total. The number of rotatable bonds is 5. The van der Waals surface area contributed by atoms with Crippen LogP contribution in [0.2, 0.25) is 0 Å². The number of nitrogens with one attached hydrogen (secondary N) is 1. The first-order valence-electron chi connectivity index (χ1n) is 7.72. The van der Waals surface area contributed by atoms with Gasteiger partial charge in [0.05, 0.1) is 15.2 Å². The molecule has 0 unspecified atom stereocenters. The molecule has 26 heavy (non-hydrogen) atoms. The average Bonchev–Trinajstić information content (AvgIpc) is 2.98. The van der Waals surface area contributed by atoms with Crippen LogP contribution in [0.25, 0.3) is 10.2 Å². The number of benzene rings is 1. The van der Waals surface area contributed by atoms with Gasteiger partial charge in [0.2, 0.25) is 5.91 Å². The van der Waals surface area contributed by atoms with Crippen LogP contribution in [0.3, 0.4) is 0 Å². The van der Waals surface area contributed by atoms with Crippen molar-refractivity contribution in [2.45, 2.75) is 19.1 Å². The summed E-state index contributed by atoms with van der Waals surface area (Å²) in [6, 6.07) is 9.45. The number of amides is 1. The Morgan fingerprint density at radius 2 is 1.96 bits per heavy atom. The highest BCUT2D eigenvalue weighted by atomic mass is 32.1. The van der Waals surface area contributed by atoms with Crippen LogP contribution in [0.4, 0.5) is 13.2 Å². The van der Waals surface area contributed by atoms with Gasteiger partial charge in [-0.3, -0.25) is 9.59 Å². The lowest BCUT2D eigenvalue weighted by molar-refractivity contribution is -0.139. The molecule has 3 aromatic rings. The summed E-state index contributed by atoms with van der Waals surface area (Å²) in [7, 11) is 0. The third-order valence-corrected chi connectivity index (χ3v) is 4.73. The lowest BCUT2D eigenvalue weighted by Gasteiger charge is -2.10. The summed E-state index contributed by atoms with van der Waals surface area (Å²) in [5.74, 6) is -0.535. The van der Waals surface area contributed by atoms with E-state index in [1.54, 1.807) is 0 Å². The molecule has 2 aromatic heterocycles. The molecule has 0 atom stereocenters. The summed E-state index contributed by atoms with van der Waals surface area (Å²) in [6.07, 6.45) is -3.09. The molecule has 5 nitrogen and oxygen atoms in total. The van der Waals surface area contributed by atoms with Gasteiger partial charge in [0.25, 0.3) is 5.56 Å². The number of para-hydroxylation sites is 1. The second-order valence-electron chi connectivity index (χ2n) is 5.53. The number of halogens is 3. The van der Waals surface area contributed by atoms with Crippen LogP contribution >= 0.6 is 11.3 Å². The molecule has 0 spiro atoms. The number of pyridine rings is 1. The minimum absolute atomic E-state index is 0.284. The van der Waals surface area contributed by atoms with Crippen LogP contribution in [-0.4, -0.2) is 22.0 Å². The zero-order valence-corrected chi connectivity index (χ0v) is 14.2. The van der Waals surface area contributed by atoms with Crippen LogP contribution in [0, 0.1) is 0 Å². The highest BCUT2D eigenvalue weighted by Crippen LogP contribution is 2.26. The van der Waals surface area contributed by atoms with Gasteiger partial charge in [-0.25, -0.2) is 4.98 Å². The highest BCUT2D eigenvalue weighted by molar-refractivity contribution is 7.18. The Hall–Kier alpha value is -2.68. The number of thiazole rings is 1. The molecule has 0 radical (unpaired) electrons. The fourth-order valence-electron chi connectivity index (χ4n) is 2.42. The Kier molecular flexibility index (Phi) is 5.08. The number of hydrogen-bond acceptors (Lipinski definition) is 4. The molecule has 0 saturated heterocycles. The van der Waals surface area contributed by atoms with Crippen molar-refractivity contribution in [1.82, 2.24) is 14.9 Å². The van der Waals surface area contributed by atoms with E-state index in [9.17, 15) is 22.8 Å². The number of nitrogens with zero attached hydrogens (tertiary/aromatic N) is 2. The first-order valence-corrected chi connectivity index (χ1v) is 8.54. The smallest absolute Gasteiger partial charge is 0.354 e. The quantitative estimate of drug-likeness (QED) is 0.739. The molecule has 0 saturated carbocycles. The van der Waals surface area contributed by atoms with Gasteiger partial charge in [-0.05, 0) is 24.3 Å². The summed E-state index contributed by atoms with van der Waals surface area (Å²) >= 11 is 1.52. The van der Waals surface area contributed by atoms with Crippen LogP contribution in [0.1, 0.15) is 10.6 Å². The molecule has 0 aliphatic heterocycles. The molecular weight excluding hydrogens is 367 g/mol. The predicted molar refractivity (Wildman–Crippen MR) is 92.0 cm³/mol. The number of carbonyl (C=O) groups excluding carboxylic acids is 1. The number of hydrogen-bond donors (Lipinski definition) is 1. The maximum atomic E-state index is 12.7. The highest BCUT2D eigenvalue weighted by Gasteiger charge is 2.34. The standard InChI is InChI=1S/C17H14F3N3O2S/c18-17(19,20)11-4-3-9-23(16(11)25)10-14(24)21-8-7-15-22-12-5-1-2-6-13(12)26-15/h1-6,9H,7-8,10H2,(H,21,24). The fourth-order valence-corrected chi connectivity index (χ4v) is 3.39. The van der Waals surface area contributed by atoms with Crippen molar-refractivity contribution in [3.63, 3.8) is 0 Å². The normalized spacial score (nSPS) is 11.7. The van der Waals surface area contributed by atoms with Gasteiger partial charge >= 0.3 is 6.18 Å². The first-order chi connectivity index (χ1) is 12.3. The number of aromatic nitrogens is 2. The van der Waals surface area contributed by atoms with Crippen molar-refractivity contribution in [1.29, 1.82) is 0 Å². The average molecular weight is 381 g/mol. The summed E-state index contributed by atoms with van der Waals surface area (Å²) in [5.41, 5.74) is -1.64. The lowest BCUT2D eigenvalue weighted by atomic mass is 10.2. The Morgan fingerprint density at radius 1 is 1.19 bits per heavy atom. The molecule has 0 bridgehead atoms. The molecule has 0 aliphatic carbocycles. The van der Waals surface area contributed by atoms with Gasteiger partial charge in [-0.15, -0.1) is 11.3 Å². The van der Waals surface area contributed by atoms with E-state index in [-0.39, 0.29) is 6.54 Å². The molecule has 3 rings (SSSR count). The molecular formula is C17H14F3N3O2S. The van der Waals surface area contributed by atoms with E-state index in [1.165, 1.54) is 11.3 Å². The molecule has 9 heteroatoms. The Bertz CT molecular complexity index is 962. The minimum Gasteiger partial charge on any atom is -0.354 e. The minimum atomic E-state index is -4.75. The second kappa shape index (κ2) is 7.28. The first kappa shape index (κ1) is 18.1. The number of carbonyl (C=O) groups is 1. The van der Waals surface area contributed by atoms with Crippen LogP contribution < -0.4 is 10.9 Å². The molecule has 1 aromatic carbocycles. The third kappa shape index (κ3) is 4.10. The maximum Gasteiger partial charge on any atom is 0.421 e. The van der Waals surface area contributed by atoms with Gasteiger partial charge in [0.15, 0.2) is 0 Å². The lowest BCUT2D eigenvalue weighted by Crippen LogP contribution is -2.35. The van der Waals surface area contributed by atoms with Crippen molar-refractivity contribution in [2.24, 2.45) is 0 Å². The van der Waals surface area contributed by atoms with Crippen molar-refractivity contribution in [3.8, 4) is 0 Å². The predicted octanol–water partition coefficient (Wildman–Crippen LogP) is 2.84. The SMILES string of the molecule is O=C(Cn1cccc(C(F)(F)F)c1=O)NCCc1nc2ccccc2s1. The van der Waals surface area contributed by atoms with Crippen LogP contribution in [-0.2, 0) is 23.9 Å². The van der Waals surface area contributed by atoms with Crippen molar-refractivity contribution in [2.75, 3.05) is 6.54 Å².